The van der Waals surface area contributed by atoms with Crippen LogP contribution in [0.2, 0.25) is 0 Å². The Morgan fingerprint density at radius 2 is 2.06 bits per heavy atom. The summed E-state index contributed by atoms with van der Waals surface area (Å²) in [5.41, 5.74) is 5.56. The van der Waals surface area contributed by atoms with Crippen molar-refractivity contribution in [3.63, 3.8) is 0 Å². The molecule has 0 spiro atoms. The largest absolute Gasteiger partial charge is 0.271 e. The summed E-state index contributed by atoms with van der Waals surface area (Å²) in [7, 11) is 0. The molecule has 0 radical (unpaired) electrons. The fourth-order valence-corrected chi connectivity index (χ4v) is 3.31. The molecule has 0 saturated carbocycles. The van der Waals surface area contributed by atoms with Crippen molar-refractivity contribution in [2.75, 3.05) is 5.75 Å². The molecular formula is C14H18N2S2. The van der Waals surface area contributed by atoms with Crippen LogP contribution in [-0.2, 0) is 6.42 Å². The zero-order chi connectivity index (χ0) is 12.8. The van der Waals surface area contributed by atoms with Gasteiger partial charge in [0, 0.05) is 16.7 Å². The number of thiophene rings is 1. The lowest BCUT2D eigenvalue weighted by atomic mass is 10.1. The Kier molecular flexibility index (Phi) is 5.26. The second-order valence-electron chi connectivity index (χ2n) is 4.32. The molecule has 0 aliphatic rings. The number of hydrogen-bond donors (Lipinski definition) is 2. The first-order chi connectivity index (χ1) is 8.78. The topological polar surface area (TPSA) is 38.0 Å². The molecule has 1 heterocycles. The standard InChI is InChI=1S/C14H18N2S2/c1-11-2-4-14(5-3-11)18-10-13(16-15)8-12-6-7-17-9-12/h2-7,9,13,16H,8,10,15H2,1H3. The summed E-state index contributed by atoms with van der Waals surface area (Å²) in [4.78, 5) is 1.30. The van der Waals surface area contributed by atoms with E-state index >= 15 is 0 Å². The molecular weight excluding hydrogens is 260 g/mol. The molecule has 0 fully saturated rings. The molecule has 1 aromatic heterocycles. The van der Waals surface area contributed by atoms with Gasteiger partial charge >= 0.3 is 0 Å². The lowest BCUT2D eigenvalue weighted by molar-refractivity contribution is 0.576. The van der Waals surface area contributed by atoms with E-state index in [0.717, 1.165) is 12.2 Å². The van der Waals surface area contributed by atoms with Gasteiger partial charge in [0.25, 0.3) is 0 Å². The van der Waals surface area contributed by atoms with Crippen LogP contribution in [0.5, 0.6) is 0 Å². The van der Waals surface area contributed by atoms with Crippen LogP contribution in [0.15, 0.2) is 46.0 Å². The van der Waals surface area contributed by atoms with Crippen molar-refractivity contribution in [1.82, 2.24) is 5.43 Å². The first-order valence-corrected chi connectivity index (χ1v) is 7.87. The van der Waals surface area contributed by atoms with E-state index in [-0.39, 0.29) is 0 Å². The van der Waals surface area contributed by atoms with E-state index in [4.69, 9.17) is 5.84 Å². The van der Waals surface area contributed by atoms with Crippen LogP contribution in [0.1, 0.15) is 11.1 Å². The second-order valence-corrected chi connectivity index (χ2v) is 6.20. The maximum absolute atomic E-state index is 5.62. The molecule has 0 amide bonds. The van der Waals surface area contributed by atoms with Crippen molar-refractivity contribution >= 4 is 23.1 Å². The molecule has 0 aliphatic carbocycles. The normalized spacial score (nSPS) is 12.6. The second kappa shape index (κ2) is 6.95. The number of rotatable bonds is 6. The molecule has 0 aliphatic heterocycles. The lowest BCUT2D eigenvalue weighted by Gasteiger charge is -2.14. The van der Waals surface area contributed by atoms with Gasteiger partial charge in [0.05, 0.1) is 0 Å². The Labute approximate surface area is 117 Å². The summed E-state index contributed by atoms with van der Waals surface area (Å²) in [5.74, 6) is 6.60. The minimum Gasteiger partial charge on any atom is -0.271 e. The van der Waals surface area contributed by atoms with E-state index in [1.54, 1.807) is 11.3 Å². The highest BCUT2D eigenvalue weighted by Gasteiger charge is 2.08. The molecule has 18 heavy (non-hydrogen) atoms. The number of benzene rings is 1. The molecule has 3 N–H and O–H groups in total. The van der Waals surface area contributed by atoms with Gasteiger partial charge in [-0.3, -0.25) is 11.3 Å². The minimum absolute atomic E-state index is 0.311. The molecule has 1 unspecified atom stereocenters. The maximum atomic E-state index is 5.62. The zero-order valence-corrected chi connectivity index (χ0v) is 12.1. The van der Waals surface area contributed by atoms with Crippen molar-refractivity contribution < 1.29 is 0 Å². The summed E-state index contributed by atoms with van der Waals surface area (Å²) in [6.45, 7) is 2.11. The van der Waals surface area contributed by atoms with Crippen LogP contribution < -0.4 is 11.3 Å². The smallest absolute Gasteiger partial charge is 0.0345 e. The van der Waals surface area contributed by atoms with Gasteiger partial charge < -0.3 is 0 Å². The van der Waals surface area contributed by atoms with E-state index < -0.39 is 0 Å². The predicted molar refractivity (Wildman–Crippen MR) is 81.0 cm³/mol. The van der Waals surface area contributed by atoms with Gasteiger partial charge in [0.2, 0.25) is 0 Å². The quantitative estimate of drug-likeness (QED) is 0.484. The Balaban J connectivity index is 1.85. The molecule has 0 saturated heterocycles. The minimum atomic E-state index is 0.311. The van der Waals surface area contributed by atoms with Crippen molar-refractivity contribution in [1.29, 1.82) is 0 Å². The predicted octanol–water partition coefficient (Wildman–Crippen LogP) is 3.22. The van der Waals surface area contributed by atoms with Gasteiger partial charge in [-0.25, -0.2) is 0 Å². The molecule has 96 valence electrons. The van der Waals surface area contributed by atoms with E-state index in [1.165, 1.54) is 16.0 Å². The van der Waals surface area contributed by atoms with E-state index in [0.29, 0.717) is 6.04 Å². The third-order valence-electron chi connectivity index (χ3n) is 2.77. The van der Waals surface area contributed by atoms with Gasteiger partial charge in [-0.1, -0.05) is 17.7 Å². The molecule has 1 atom stereocenters. The van der Waals surface area contributed by atoms with Gasteiger partial charge in [-0.05, 0) is 47.9 Å². The first-order valence-electron chi connectivity index (χ1n) is 5.94. The first kappa shape index (κ1) is 13.6. The highest BCUT2D eigenvalue weighted by molar-refractivity contribution is 7.99. The molecule has 0 bridgehead atoms. The Morgan fingerprint density at radius 1 is 1.28 bits per heavy atom. The fourth-order valence-electron chi connectivity index (χ4n) is 1.69. The molecule has 4 heteroatoms. The molecule has 1 aromatic carbocycles. The van der Waals surface area contributed by atoms with Crippen LogP contribution in [0.3, 0.4) is 0 Å². The molecule has 2 rings (SSSR count). The van der Waals surface area contributed by atoms with Crippen LogP contribution in [0.4, 0.5) is 0 Å². The van der Waals surface area contributed by atoms with Crippen molar-refractivity contribution in [3.8, 4) is 0 Å². The monoisotopic (exact) mass is 278 g/mol. The maximum Gasteiger partial charge on any atom is 0.0345 e. The van der Waals surface area contributed by atoms with Gasteiger partial charge in [0.15, 0.2) is 0 Å². The highest BCUT2D eigenvalue weighted by atomic mass is 32.2. The van der Waals surface area contributed by atoms with Crippen LogP contribution in [0.25, 0.3) is 0 Å². The van der Waals surface area contributed by atoms with E-state index in [9.17, 15) is 0 Å². The average Bonchev–Trinajstić information content (AvgIpc) is 2.89. The Hall–Kier alpha value is -0.810. The third kappa shape index (κ3) is 4.14. The number of nitrogens with two attached hydrogens (primary N) is 1. The average molecular weight is 278 g/mol. The molecule has 2 aromatic rings. The molecule has 2 nitrogen and oxygen atoms in total. The van der Waals surface area contributed by atoms with E-state index in [2.05, 4.69) is 53.4 Å². The summed E-state index contributed by atoms with van der Waals surface area (Å²) in [6.07, 6.45) is 0.985. The Morgan fingerprint density at radius 3 is 2.67 bits per heavy atom. The van der Waals surface area contributed by atoms with Crippen LogP contribution in [0, 0.1) is 6.92 Å². The summed E-state index contributed by atoms with van der Waals surface area (Å²) < 4.78 is 0. The summed E-state index contributed by atoms with van der Waals surface area (Å²) in [6, 6.07) is 11.1. The SMILES string of the molecule is Cc1ccc(SCC(Cc2ccsc2)NN)cc1. The zero-order valence-electron chi connectivity index (χ0n) is 10.4. The number of hydrazine groups is 1. The summed E-state index contributed by atoms with van der Waals surface area (Å²) in [5, 5.41) is 4.29. The lowest BCUT2D eigenvalue weighted by Crippen LogP contribution is -2.38. The van der Waals surface area contributed by atoms with Gasteiger partial charge in [-0.2, -0.15) is 11.3 Å². The van der Waals surface area contributed by atoms with E-state index in [1.807, 2.05) is 11.8 Å². The Bertz CT molecular complexity index is 451. The highest BCUT2D eigenvalue weighted by Crippen LogP contribution is 2.20. The number of thioether (sulfide) groups is 1. The van der Waals surface area contributed by atoms with Crippen molar-refractivity contribution in [2.24, 2.45) is 5.84 Å². The van der Waals surface area contributed by atoms with Gasteiger partial charge in [-0.15, -0.1) is 11.8 Å². The number of hydrogen-bond acceptors (Lipinski definition) is 4. The van der Waals surface area contributed by atoms with Crippen LogP contribution >= 0.6 is 23.1 Å². The summed E-state index contributed by atoms with van der Waals surface area (Å²) >= 11 is 3.58. The number of nitrogens with one attached hydrogen (secondary N) is 1. The number of aryl methyl sites for hydroxylation is 1. The van der Waals surface area contributed by atoms with Crippen molar-refractivity contribution in [2.45, 2.75) is 24.3 Å². The van der Waals surface area contributed by atoms with Gasteiger partial charge in [0.1, 0.15) is 0 Å². The fraction of sp³-hybridized carbons (Fsp3) is 0.286. The third-order valence-corrected chi connectivity index (χ3v) is 4.68. The van der Waals surface area contributed by atoms with Crippen molar-refractivity contribution in [3.05, 3.63) is 52.2 Å². The van der Waals surface area contributed by atoms with Crippen LogP contribution in [-0.4, -0.2) is 11.8 Å².